The third kappa shape index (κ3) is 9.82. The van der Waals surface area contributed by atoms with Gasteiger partial charge < -0.3 is 20.1 Å². The van der Waals surface area contributed by atoms with Crippen molar-refractivity contribution in [3.05, 3.63) is 29.8 Å². The molecule has 0 aromatic heterocycles. The maximum absolute atomic E-state index is 12.7. The van der Waals surface area contributed by atoms with Gasteiger partial charge >= 0.3 is 18.2 Å². The lowest BCUT2D eigenvalue weighted by atomic mass is 10.2. The quantitative estimate of drug-likeness (QED) is 0.518. The van der Waals surface area contributed by atoms with Crippen LogP contribution >= 0.6 is 0 Å². The van der Waals surface area contributed by atoms with Crippen LogP contribution in [0, 0.1) is 0 Å². The van der Waals surface area contributed by atoms with Gasteiger partial charge in [0.05, 0.1) is 5.56 Å². The Morgan fingerprint density at radius 2 is 1.79 bits per heavy atom. The van der Waals surface area contributed by atoms with Gasteiger partial charge in [0.1, 0.15) is 5.60 Å². The first-order valence-electron chi connectivity index (χ1n) is 8.92. The molecule has 2 amide bonds. The van der Waals surface area contributed by atoms with Crippen LogP contribution in [0.25, 0.3) is 0 Å². The van der Waals surface area contributed by atoms with Crippen LogP contribution in [0.3, 0.4) is 0 Å². The maximum Gasteiger partial charge on any atom is 0.416 e. The highest BCUT2D eigenvalue weighted by atomic mass is 19.4. The van der Waals surface area contributed by atoms with E-state index in [1.165, 1.54) is 13.0 Å². The molecule has 0 saturated carbocycles. The molecular weight excluding hydrogens is 393 g/mol. The summed E-state index contributed by atoms with van der Waals surface area (Å²) in [6.07, 6.45) is -6.14. The first kappa shape index (κ1) is 24.3. The van der Waals surface area contributed by atoms with Crippen molar-refractivity contribution in [3.63, 3.8) is 0 Å². The van der Waals surface area contributed by atoms with E-state index in [1.54, 1.807) is 20.8 Å². The molecule has 1 aromatic rings. The normalized spacial score (nSPS) is 12.7. The third-order valence-corrected chi connectivity index (χ3v) is 3.36. The number of benzene rings is 1. The fourth-order valence-corrected chi connectivity index (χ4v) is 2.06. The number of ether oxygens (including phenoxy) is 2. The van der Waals surface area contributed by atoms with E-state index in [9.17, 15) is 27.6 Å². The van der Waals surface area contributed by atoms with Crippen molar-refractivity contribution in [3.8, 4) is 0 Å². The summed E-state index contributed by atoms with van der Waals surface area (Å²) >= 11 is 0. The smallest absolute Gasteiger partial charge is 0.416 e. The zero-order chi connectivity index (χ0) is 22.2. The van der Waals surface area contributed by atoms with E-state index in [1.807, 2.05) is 0 Å². The number of nitrogens with one attached hydrogen (secondary N) is 2. The lowest BCUT2D eigenvalue weighted by Gasteiger charge is -2.19. The second-order valence-corrected chi connectivity index (χ2v) is 7.23. The van der Waals surface area contributed by atoms with Gasteiger partial charge in [0.25, 0.3) is 5.91 Å². The molecule has 1 rings (SSSR count). The van der Waals surface area contributed by atoms with Crippen LogP contribution in [0.15, 0.2) is 24.3 Å². The van der Waals surface area contributed by atoms with Crippen LogP contribution in [0.2, 0.25) is 0 Å². The van der Waals surface area contributed by atoms with Crippen LogP contribution in [-0.2, 0) is 25.2 Å². The van der Waals surface area contributed by atoms with Gasteiger partial charge in [-0.15, -0.1) is 0 Å². The molecule has 0 unspecified atom stereocenters. The van der Waals surface area contributed by atoms with Gasteiger partial charge in [-0.3, -0.25) is 9.59 Å². The Morgan fingerprint density at radius 3 is 2.38 bits per heavy atom. The number of hydrogen-bond acceptors (Lipinski definition) is 5. The lowest BCUT2D eigenvalue weighted by molar-refractivity contribution is -0.153. The Labute approximate surface area is 166 Å². The number of hydrogen-bond donors (Lipinski definition) is 2. The van der Waals surface area contributed by atoms with Gasteiger partial charge in [-0.1, -0.05) is 6.07 Å². The van der Waals surface area contributed by atoms with Gasteiger partial charge in [-0.25, -0.2) is 4.79 Å². The Morgan fingerprint density at radius 1 is 1.14 bits per heavy atom. The average Bonchev–Trinajstić information content (AvgIpc) is 2.56. The SMILES string of the molecule is C[C@H](OC(=O)CCCNC(=O)OC(C)(C)C)C(=O)Nc1cccc(C(F)(F)F)c1. The number of amides is 2. The molecule has 0 fully saturated rings. The number of halogens is 3. The molecule has 2 N–H and O–H groups in total. The molecule has 0 aliphatic heterocycles. The monoisotopic (exact) mass is 418 g/mol. The highest BCUT2D eigenvalue weighted by Crippen LogP contribution is 2.30. The first-order chi connectivity index (χ1) is 13.3. The number of esters is 1. The number of carbonyl (C=O) groups excluding carboxylic acids is 3. The van der Waals surface area contributed by atoms with E-state index in [2.05, 4.69) is 10.6 Å². The summed E-state index contributed by atoms with van der Waals surface area (Å²) in [6.45, 7) is 6.63. The topological polar surface area (TPSA) is 93.7 Å². The molecule has 7 nitrogen and oxygen atoms in total. The molecule has 1 aromatic carbocycles. The van der Waals surface area contributed by atoms with Gasteiger partial charge in [-0.2, -0.15) is 13.2 Å². The number of carbonyl (C=O) groups is 3. The molecule has 0 heterocycles. The summed E-state index contributed by atoms with van der Waals surface area (Å²) < 4.78 is 48.1. The molecule has 29 heavy (non-hydrogen) atoms. The molecule has 0 saturated heterocycles. The summed E-state index contributed by atoms with van der Waals surface area (Å²) in [5.41, 5.74) is -1.60. The third-order valence-electron chi connectivity index (χ3n) is 3.36. The van der Waals surface area contributed by atoms with E-state index >= 15 is 0 Å². The molecule has 0 aliphatic carbocycles. The van der Waals surface area contributed by atoms with E-state index < -0.39 is 41.4 Å². The van der Waals surface area contributed by atoms with Crippen LogP contribution in [0.4, 0.5) is 23.7 Å². The summed E-state index contributed by atoms with van der Waals surface area (Å²) in [7, 11) is 0. The van der Waals surface area contributed by atoms with Crippen LogP contribution < -0.4 is 10.6 Å². The van der Waals surface area contributed by atoms with Crippen molar-refractivity contribution in [2.45, 2.75) is 58.4 Å². The van der Waals surface area contributed by atoms with Crippen molar-refractivity contribution >= 4 is 23.7 Å². The molecule has 162 valence electrons. The maximum atomic E-state index is 12.7. The molecule has 10 heteroatoms. The zero-order valence-corrected chi connectivity index (χ0v) is 16.7. The van der Waals surface area contributed by atoms with Gasteiger partial charge in [-0.05, 0) is 52.3 Å². The van der Waals surface area contributed by atoms with E-state index in [0.29, 0.717) is 0 Å². The van der Waals surface area contributed by atoms with E-state index in [0.717, 1.165) is 18.2 Å². The second kappa shape index (κ2) is 10.1. The average molecular weight is 418 g/mol. The fourth-order valence-electron chi connectivity index (χ4n) is 2.06. The van der Waals surface area contributed by atoms with Crippen molar-refractivity contribution in [2.24, 2.45) is 0 Å². The minimum absolute atomic E-state index is 0.0586. The number of rotatable bonds is 7. The summed E-state index contributed by atoms with van der Waals surface area (Å²) in [5, 5.41) is 4.75. The standard InChI is InChI=1S/C19H25F3N2O5/c1-12(16(26)24-14-8-5-7-13(11-14)19(20,21)22)28-15(25)9-6-10-23-17(27)29-18(2,3)4/h5,7-8,11-12H,6,9-10H2,1-4H3,(H,23,27)(H,24,26)/t12-/m0/s1. The zero-order valence-electron chi connectivity index (χ0n) is 16.7. The minimum atomic E-state index is -4.54. The van der Waals surface area contributed by atoms with Crippen molar-refractivity contribution in [1.82, 2.24) is 5.32 Å². The van der Waals surface area contributed by atoms with Crippen LogP contribution in [0.1, 0.15) is 46.1 Å². The molecule has 0 radical (unpaired) electrons. The van der Waals surface area contributed by atoms with Gasteiger partial charge in [0.15, 0.2) is 6.10 Å². The van der Waals surface area contributed by atoms with Crippen molar-refractivity contribution in [1.29, 1.82) is 0 Å². The second-order valence-electron chi connectivity index (χ2n) is 7.23. The number of alkyl carbamates (subject to hydrolysis) is 1. The summed E-state index contributed by atoms with van der Waals surface area (Å²) in [4.78, 5) is 35.2. The molecule has 0 spiro atoms. The highest BCUT2D eigenvalue weighted by molar-refractivity contribution is 5.95. The number of anilines is 1. The predicted molar refractivity (Wildman–Crippen MR) is 99.1 cm³/mol. The lowest BCUT2D eigenvalue weighted by Crippen LogP contribution is -2.33. The molecule has 0 aliphatic rings. The Bertz CT molecular complexity index is 729. The Balaban J connectivity index is 2.39. The summed E-state index contributed by atoms with van der Waals surface area (Å²) in [5.74, 6) is -1.44. The van der Waals surface area contributed by atoms with Crippen molar-refractivity contribution in [2.75, 3.05) is 11.9 Å². The fraction of sp³-hybridized carbons (Fsp3) is 0.526. The predicted octanol–water partition coefficient (Wildman–Crippen LogP) is 3.88. The van der Waals surface area contributed by atoms with E-state index in [4.69, 9.17) is 9.47 Å². The van der Waals surface area contributed by atoms with Crippen molar-refractivity contribution < 1.29 is 37.0 Å². The highest BCUT2D eigenvalue weighted by Gasteiger charge is 2.30. The van der Waals surface area contributed by atoms with Gasteiger partial charge in [0, 0.05) is 18.7 Å². The molecule has 0 bridgehead atoms. The largest absolute Gasteiger partial charge is 0.453 e. The Kier molecular flexibility index (Phi) is 8.47. The number of alkyl halides is 3. The van der Waals surface area contributed by atoms with Gasteiger partial charge in [0.2, 0.25) is 0 Å². The minimum Gasteiger partial charge on any atom is -0.453 e. The molecular formula is C19H25F3N2O5. The summed E-state index contributed by atoms with van der Waals surface area (Å²) in [6, 6.07) is 4.12. The van der Waals surface area contributed by atoms with E-state index in [-0.39, 0.29) is 25.1 Å². The first-order valence-corrected chi connectivity index (χ1v) is 8.92. The van der Waals surface area contributed by atoms with Crippen LogP contribution in [-0.4, -0.2) is 36.2 Å². The van der Waals surface area contributed by atoms with Crippen LogP contribution in [0.5, 0.6) is 0 Å². The Hall–Kier alpha value is -2.78. The molecule has 1 atom stereocenters.